The topological polar surface area (TPSA) is 64.8 Å². The lowest BCUT2D eigenvalue weighted by Gasteiger charge is -2.35. The summed E-state index contributed by atoms with van der Waals surface area (Å²) in [6.45, 7) is 3.00. The zero-order valence-electron chi connectivity index (χ0n) is 10.7. The molecule has 1 aliphatic rings. The number of rotatable bonds is 7. The van der Waals surface area contributed by atoms with Gasteiger partial charge in [0.15, 0.2) is 0 Å². The molecule has 0 saturated carbocycles. The first kappa shape index (κ1) is 14.4. The van der Waals surface area contributed by atoms with Gasteiger partial charge in [0.05, 0.1) is 26.2 Å². The summed E-state index contributed by atoms with van der Waals surface area (Å²) in [6.07, 6.45) is 3.75. The molecule has 2 N–H and O–H groups in total. The summed E-state index contributed by atoms with van der Waals surface area (Å²) in [4.78, 5) is 13.9. The molecule has 0 aromatic carbocycles. The second kappa shape index (κ2) is 8.44. The third-order valence-electron chi connectivity index (χ3n) is 3.11. The minimum atomic E-state index is 0.164. The van der Waals surface area contributed by atoms with Crippen LogP contribution in [0, 0.1) is 0 Å². The predicted octanol–water partition coefficient (Wildman–Crippen LogP) is 0.379. The van der Waals surface area contributed by atoms with Gasteiger partial charge in [0, 0.05) is 26.2 Å². The number of hydrogen-bond donors (Lipinski definition) is 1. The van der Waals surface area contributed by atoms with Crippen LogP contribution in [0.4, 0.5) is 0 Å². The van der Waals surface area contributed by atoms with Crippen LogP contribution in [-0.4, -0.2) is 56.9 Å². The number of nitrogens with two attached hydrogens (primary N) is 1. The van der Waals surface area contributed by atoms with Crippen molar-refractivity contribution in [2.75, 3.05) is 40.0 Å². The second-order valence-electron chi connectivity index (χ2n) is 4.33. The molecule has 1 aliphatic heterocycles. The molecule has 0 bridgehead atoms. The highest BCUT2D eigenvalue weighted by atomic mass is 16.5. The first-order valence-corrected chi connectivity index (χ1v) is 6.35. The third kappa shape index (κ3) is 5.02. The van der Waals surface area contributed by atoms with Crippen molar-refractivity contribution in [1.82, 2.24) is 4.90 Å². The van der Waals surface area contributed by atoms with Gasteiger partial charge in [-0.15, -0.1) is 0 Å². The van der Waals surface area contributed by atoms with Crippen molar-refractivity contribution in [3.05, 3.63) is 0 Å². The van der Waals surface area contributed by atoms with Crippen molar-refractivity contribution in [2.45, 2.75) is 31.7 Å². The number of amides is 1. The van der Waals surface area contributed by atoms with Crippen LogP contribution in [0.3, 0.4) is 0 Å². The summed E-state index contributed by atoms with van der Waals surface area (Å²) >= 11 is 0. The van der Waals surface area contributed by atoms with Crippen LogP contribution >= 0.6 is 0 Å². The fourth-order valence-electron chi connectivity index (χ4n) is 2.12. The zero-order valence-corrected chi connectivity index (χ0v) is 10.7. The van der Waals surface area contributed by atoms with Gasteiger partial charge in [0.2, 0.25) is 5.91 Å². The number of ether oxygens (including phenoxy) is 2. The quantitative estimate of drug-likeness (QED) is 0.658. The van der Waals surface area contributed by atoms with Crippen molar-refractivity contribution in [1.29, 1.82) is 0 Å². The number of nitrogens with zero attached hydrogens (tertiary/aromatic N) is 1. The molecular weight excluding hydrogens is 220 g/mol. The first-order chi connectivity index (χ1) is 8.29. The molecule has 0 spiro atoms. The van der Waals surface area contributed by atoms with E-state index in [1.165, 1.54) is 6.42 Å². The maximum absolute atomic E-state index is 12.0. The normalized spacial score (nSPS) is 20.6. The Morgan fingerprint density at radius 3 is 2.88 bits per heavy atom. The van der Waals surface area contributed by atoms with E-state index in [0.29, 0.717) is 32.8 Å². The van der Waals surface area contributed by atoms with E-state index in [-0.39, 0.29) is 11.9 Å². The minimum Gasteiger partial charge on any atom is -0.382 e. The molecule has 5 nitrogen and oxygen atoms in total. The van der Waals surface area contributed by atoms with Crippen molar-refractivity contribution in [2.24, 2.45) is 5.73 Å². The average Bonchev–Trinajstić information content (AvgIpc) is 2.38. The molecular formula is C12H24N2O3. The van der Waals surface area contributed by atoms with Crippen molar-refractivity contribution >= 4 is 5.91 Å². The summed E-state index contributed by atoms with van der Waals surface area (Å²) in [5, 5.41) is 0. The van der Waals surface area contributed by atoms with E-state index in [1.54, 1.807) is 7.11 Å². The first-order valence-electron chi connectivity index (χ1n) is 6.35. The summed E-state index contributed by atoms with van der Waals surface area (Å²) < 4.78 is 10.2. The van der Waals surface area contributed by atoms with Crippen LogP contribution in [0.5, 0.6) is 0 Å². The number of methoxy groups -OCH3 is 1. The van der Waals surface area contributed by atoms with E-state index >= 15 is 0 Å². The van der Waals surface area contributed by atoms with Gasteiger partial charge in [0.25, 0.3) is 0 Å². The number of carbonyl (C=O) groups is 1. The Morgan fingerprint density at radius 2 is 2.18 bits per heavy atom. The molecule has 0 radical (unpaired) electrons. The Balaban J connectivity index is 2.20. The van der Waals surface area contributed by atoms with Crippen LogP contribution in [0.25, 0.3) is 0 Å². The molecule has 0 aliphatic carbocycles. The maximum atomic E-state index is 12.0. The Hall–Kier alpha value is -0.650. The van der Waals surface area contributed by atoms with Gasteiger partial charge in [-0.05, 0) is 19.3 Å². The van der Waals surface area contributed by atoms with Crippen LogP contribution in [0.2, 0.25) is 0 Å². The van der Waals surface area contributed by atoms with Gasteiger partial charge in [0.1, 0.15) is 0 Å². The largest absolute Gasteiger partial charge is 0.382 e. The summed E-state index contributed by atoms with van der Waals surface area (Å²) in [5.74, 6) is 0.164. The van der Waals surface area contributed by atoms with Gasteiger partial charge in [-0.1, -0.05) is 0 Å². The Morgan fingerprint density at radius 1 is 1.35 bits per heavy atom. The van der Waals surface area contributed by atoms with Crippen LogP contribution in [0.15, 0.2) is 0 Å². The molecule has 0 aromatic rings. The molecule has 100 valence electrons. The fraction of sp³-hybridized carbons (Fsp3) is 0.917. The number of hydrogen-bond acceptors (Lipinski definition) is 4. The zero-order chi connectivity index (χ0) is 12.5. The van der Waals surface area contributed by atoms with Gasteiger partial charge in [-0.2, -0.15) is 0 Å². The van der Waals surface area contributed by atoms with E-state index in [1.807, 2.05) is 4.90 Å². The smallest absolute Gasteiger partial charge is 0.225 e. The highest BCUT2D eigenvalue weighted by Crippen LogP contribution is 2.16. The molecule has 1 fully saturated rings. The highest BCUT2D eigenvalue weighted by molar-refractivity contribution is 5.76. The Kier molecular flexibility index (Phi) is 7.16. The molecule has 5 heteroatoms. The molecule has 1 rings (SSSR count). The van der Waals surface area contributed by atoms with E-state index < -0.39 is 0 Å². The molecule has 1 atom stereocenters. The second-order valence-corrected chi connectivity index (χ2v) is 4.33. The maximum Gasteiger partial charge on any atom is 0.225 e. The standard InChI is InChI=1S/C12H24N2O3/c1-16-8-9-17-7-5-12(15)14-6-3-2-4-11(14)10-13/h11H,2-10,13H2,1H3. The Bertz CT molecular complexity index is 224. The van der Waals surface area contributed by atoms with E-state index in [2.05, 4.69) is 0 Å². The lowest BCUT2D eigenvalue weighted by molar-refractivity contribution is -0.135. The third-order valence-corrected chi connectivity index (χ3v) is 3.11. The van der Waals surface area contributed by atoms with E-state index in [9.17, 15) is 4.79 Å². The number of carbonyl (C=O) groups excluding carboxylic acids is 1. The molecule has 1 amide bonds. The van der Waals surface area contributed by atoms with Gasteiger partial charge in [-0.3, -0.25) is 4.79 Å². The lowest BCUT2D eigenvalue weighted by atomic mass is 10.0. The Labute approximate surface area is 103 Å². The number of likely N-dealkylation sites (tertiary alicyclic amines) is 1. The van der Waals surface area contributed by atoms with Gasteiger partial charge in [-0.25, -0.2) is 0 Å². The molecule has 17 heavy (non-hydrogen) atoms. The summed E-state index contributed by atoms with van der Waals surface area (Å²) in [7, 11) is 1.63. The van der Waals surface area contributed by atoms with Gasteiger partial charge >= 0.3 is 0 Å². The summed E-state index contributed by atoms with van der Waals surface area (Å²) in [6, 6.07) is 0.232. The van der Waals surface area contributed by atoms with Crippen molar-refractivity contribution < 1.29 is 14.3 Å². The minimum absolute atomic E-state index is 0.164. The van der Waals surface area contributed by atoms with Crippen LogP contribution in [-0.2, 0) is 14.3 Å². The van der Waals surface area contributed by atoms with Crippen LogP contribution in [0.1, 0.15) is 25.7 Å². The molecule has 1 saturated heterocycles. The molecule has 1 unspecified atom stereocenters. The predicted molar refractivity (Wildman–Crippen MR) is 65.7 cm³/mol. The fourth-order valence-corrected chi connectivity index (χ4v) is 2.12. The van der Waals surface area contributed by atoms with E-state index in [4.69, 9.17) is 15.2 Å². The molecule has 1 heterocycles. The van der Waals surface area contributed by atoms with Crippen molar-refractivity contribution in [3.8, 4) is 0 Å². The summed E-state index contributed by atoms with van der Waals surface area (Å²) in [5.41, 5.74) is 5.68. The van der Waals surface area contributed by atoms with Crippen molar-refractivity contribution in [3.63, 3.8) is 0 Å². The lowest BCUT2D eigenvalue weighted by Crippen LogP contribution is -2.47. The van der Waals surface area contributed by atoms with Crippen LogP contribution < -0.4 is 5.73 Å². The molecule has 0 aromatic heterocycles. The monoisotopic (exact) mass is 244 g/mol. The number of piperidine rings is 1. The van der Waals surface area contributed by atoms with E-state index in [0.717, 1.165) is 19.4 Å². The average molecular weight is 244 g/mol. The SMILES string of the molecule is COCCOCCC(=O)N1CCCCC1CN. The highest BCUT2D eigenvalue weighted by Gasteiger charge is 2.24. The van der Waals surface area contributed by atoms with Gasteiger partial charge < -0.3 is 20.1 Å².